The average molecular weight is 338 g/mol. The van der Waals surface area contributed by atoms with Gasteiger partial charge in [-0.3, -0.25) is 14.3 Å². The van der Waals surface area contributed by atoms with Gasteiger partial charge in [-0.2, -0.15) is 5.10 Å². The van der Waals surface area contributed by atoms with Gasteiger partial charge in [-0.25, -0.2) is 8.78 Å². The summed E-state index contributed by atoms with van der Waals surface area (Å²) in [7, 11) is 0. The van der Waals surface area contributed by atoms with E-state index in [1.54, 1.807) is 21.8 Å². The van der Waals surface area contributed by atoms with E-state index in [1.165, 1.54) is 0 Å². The zero-order valence-corrected chi connectivity index (χ0v) is 13.4. The normalized spacial score (nSPS) is 31.1. The molecular formula is C16H20F2N4O2. The minimum absolute atomic E-state index is 0.0495. The molecule has 1 N–H and O–H groups in total. The van der Waals surface area contributed by atoms with E-state index >= 15 is 0 Å². The van der Waals surface area contributed by atoms with Crippen molar-refractivity contribution in [2.75, 3.05) is 6.54 Å². The number of carbonyl (C=O) groups is 2. The van der Waals surface area contributed by atoms with Crippen LogP contribution < -0.4 is 5.32 Å². The predicted octanol–water partition coefficient (Wildman–Crippen LogP) is 1.34. The van der Waals surface area contributed by atoms with Gasteiger partial charge in [0.15, 0.2) is 0 Å². The van der Waals surface area contributed by atoms with Crippen molar-refractivity contribution in [3.8, 4) is 0 Å². The molecule has 1 aromatic heterocycles. The van der Waals surface area contributed by atoms with Gasteiger partial charge in [-0.05, 0) is 18.4 Å². The van der Waals surface area contributed by atoms with E-state index in [-0.39, 0.29) is 37.1 Å². The second-order valence-corrected chi connectivity index (χ2v) is 7.29. The molecule has 2 heterocycles. The lowest BCUT2D eigenvalue weighted by Crippen LogP contribution is -2.54. The topological polar surface area (TPSA) is 67.2 Å². The van der Waals surface area contributed by atoms with E-state index in [4.69, 9.17) is 0 Å². The van der Waals surface area contributed by atoms with E-state index in [2.05, 4.69) is 10.4 Å². The molecule has 2 aliphatic carbocycles. The Balaban J connectivity index is 1.47. The molecule has 0 aromatic carbocycles. The molecule has 0 saturated heterocycles. The zero-order valence-electron chi connectivity index (χ0n) is 13.4. The fraction of sp³-hybridized carbons (Fsp3) is 0.688. The summed E-state index contributed by atoms with van der Waals surface area (Å²) < 4.78 is 27.5. The first-order chi connectivity index (χ1) is 11.3. The van der Waals surface area contributed by atoms with Crippen LogP contribution >= 0.6 is 0 Å². The maximum absolute atomic E-state index is 12.9. The number of nitrogens with one attached hydrogen (secondary N) is 1. The highest BCUT2D eigenvalue weighted by molar-refractivity contribution is 5.85. The Bertz CT molecular complexity index is 681. The van der Waals surface area contributed by atoms with Crippen molar-refractivity contribution >= 4 is 11.8 Å². The Kier molecular flexibility index (Phi) is 3.40. The first kappa shape index (κ1) is 15.5. The number of hydrogen-bond donors (Lipinski definition) is 1. The molecule has 130 valence electrons. The maximum Gasteiger partial charge on any atom is 0.252 e. The second-order valence-electron chi connectivity index (χ2n) is 7.29. The molecule has 2 saturated carbocycles. The average Bonchev–Trinajstić information content (AvgIpc) is 3.04. The lowest BCUT2D eigenvalue weighted by Gasteiger charge is -2.38. The van der Waals surface area contributed by atoms with Gasteiger partial charge in [-0.1, -0.05) is 6.92 Å². The fourth-order valence-corrected chi connectivity index (χ4v) is 3.62. The van der Waals surface area contributed by atoms with Gasteiger partial charge in [0.2, 0.25) is 11.8 Å². The first-order valence-corrected chi connectivity index (χ1v) is 8.33. The Labute approximate surface area is 138 Å². The SMILES string of the molecule is C[C@@H]1C[C@H]1C(=O)N1Cc2ccnn2[C@H](C(=O)NC2CC(F)(F)C2)C1. The van der Waals surface area contributed by atoms with Crippen molar-refractivity contribution in [1.29, 1.82) is 0 Å². The third kappa shape index (κ3) is 2.67. The molecular weight excluding hydrogens is 318 g/mol. The minimum atomic E-state index is -2.68. The molecule has 0 spiro atoms. The number of carbonyl (C=O) groups excluding carboxylic acids is 2. The fourth-order valence-electron chi connectivity index (χ4n) is 3.62. The number of amides is 2. The van der Waals surface area contributed by atoms with Crippen molar-refractivity contribution < 1.29 is 18.4 Å². The van der Waals surface area contributed by atoms with E-state index in [0.29, 0.717) is 12.5 Å². The van der Waals surface area contributed by atoms with Gasteiger partial charge in [0, 0.05) is 31.0 Å². The van der Waals surface area contributed by atoms with Crippen LogP contribution in [0.2, 0.25) is 0 Å². The number of nitrogens with zero attached hydrogens (tertiary/aromatic N) is 3. The maximum atomic E-state index is 12.9. The summed E-state index contributed by atoms with van der Waals surface area (Å²) in [5.74, 6) is -2.50. The highest BCUT2D eigenvalue weighted by Gasteiger charge is 2.48. The predicted molar refractivity (Wildman–Crippen MR) is 80.1 cm³/mol. The summed E-state index contributed by atoms with van der Waals surface area (Å²) >= 11 is 0. The van der Waals surface area contributed by atoms with Crippen LogP contribution in [0.4, 0.5) is 8.78 Å². The van der Waals surface area contributed by atoms with Crippen molar-refractivity contribution in [3.05, 3.63) is 18.0 Å². The molecule has 2 amide bonds. The minimum Gasteiger partial charge on any atom is -0.351 e. The molecule has 1 aliphatic heterocycles. The number of rotatable bonds is 3. The standard InChI is InChI=1S/C16H20F2N4O2/c1-9-4-12(9)15(24)21-7-11-2-3-19-22(11)13(8-21)14(23)20-10-5-16(17,18)6-10/h2-3,9-10,12-13H,4-8H2,1H3,(H,20,23)/t9-,12-,13+/m1/s1. The van der Waals surface area contributed by atoms with Gasteiger partial charge in [0.25, 0.3) is 5.92 Å². The highest BCUT2D eigenvalue weighted by Crippen LogP contribution is 2.40. The van der Waals surface area contributed by atoms with E-state index in [9.17, 15) is 18.4 Å². The van der Waals surface area contributed by atoms with Crippen LogP contribution in [0.3, 0.4) is 0 Å². The van der Waals surface area contributed by atoms with Crippen LogP contribution in [0.5, 0.6) is 0 Å². The van der Waals surface area contributed by atoms with Gasteiger partial charge >= 0.3 is 0 Å². The van der Waals surface area contributed by atoms with Crippen molar-refractivity contribution in [3.63, 3.8) is 0 Å². The van der Waals surface area contributed by atoms with Gasteiger partial charge in [0.1, 0.15) is 6.04 Å². The summed E-state index contributed by atoms with van der Waals surface area (Å²) in [6.45, 7) is 2.72. The van der Waals surface area contributed by atoms with Gasteiger partial charge < -0.3 is 10.2 Å². The van der Waals surface area contributed by atoms with Crippen LogP contribution in [0.15, 0.2) is 12.3 Å². The lowest BCUT2D eigenvalue weighted by molar-refractivity contribution is -0.138. The summed E-state index contributed by atoms with van der Waals surface area (Å²) in [5, 5.41) is 6.85. The van der Waals surface area contributed by atoms with Crippen molar-refractivity contribution in [1.82, 2.24) is 20.0 Å². The van der Waals surface area contributed by atoms with E-state index < -0.39 is 18.0 Å². The molecule has 1 aromatic rings. The molecule has 0 bridgehead atoms. The molecule has 0 radical (unpaired) electrons. The number of alkyl halides is 2. The van der Waals surface area contributed by atoms with Crippen molar-refractivity contribution in [2.24, 2.45) is 11.8 Å². The largest absolute Gasteiger partial charge is 0.351 e. The van der Waals surface area contributed by atoms with Crippen molar-refractivity contribution in [2.45, 2.75) is 50.7 Å². The van der Waals surface area contributed by atoms with Crippen LogP contribution in [0.25, 0.3) is 0 Å². The smallest absolute Gasteiger partial charge is 0.252 e. The first-order valence-electron chi connectivity index (χ1n) is 8.33. The van der Waals surface area contributed by atoms with Crippen LogP contribution in [0, 0.1) is 11.8 Å². The second kappa shape index (κ2) is 5.26. The molecule has 6 nitrogen and oxygen atoms in total. The molecule has 0 unspecified atom stereocenters. The quantitative estimate of drug-likeness (QED) is 0.904. The Hall–Kier alpha value is -1.99. The molecule has 4 rings (SSSR count). The Morgan fingerprint density at radius 2 is 2.08 bits per heavy atom. The van der Waals surface area contributed by atoms with E-state index in [1.807, 2.05) is 6.92 Å². The molecule has 3 atom stereocenters. The van der Waals surface area contributed by atoms with E-state index in [0.717, 1.165) is 12.1 Å². The molecule has 24 heavy (non-hydrogen) atoms. The third-order valence-electron chi connectivity index (χ3n) is 5.27. The number of halogens is 2. The number of hydrogen-bond acceptors (Lipinski definition) is 3. The molecule has 2 fully saturated rings. The number of aromatic nitrogens is 2. The zero-order chi connectivity index (χ0) is 17.1. The summed E-state index contributed by atoms with van der Waals surface area (Å²) in [6, 6.07) is 0.630. The highest BCUT2D eigenvalue weighted by atomic mass is 19.3. The lowest BCUT2D eigenvalue weighted by atomic mass is 9.88. The number of fused-ring (bicyclic) bond motifs is 1. The Morgan fingerprint density at radius 1 is 1.38 bits per heavy atom. The van der Waals surface area contributed by atoms with Gasteiger partial charge in [-0.15, -0.1) is 0 Å². The third-order valence-corrected chi connectivity index (χ3v) is 5.27. The van der Waals surface area contributed by atoms with Crippen LogP contribution in [-0.4, -0.2) is 45.0 Å². The monoisotopic (exact) mass is 338 g/mol. The van der Waals surface area contributed by atoms with Crippen LogP contribution in [-0.2, 0) is 16.1 Å². The Morgan fingerprint density at radius 3 is 2.71 bits per heavy atom. The molecule has 3 aliphatic rings. The summed E-state index contributed by atoms with van der Waals surface area (Å²) in [4.78, 5) is 26.7. The molecule has 8 heteroatoms. The summed E-state index contributed by atoms with van der Waals surface area (Å²) in [6.07, 6.45) is 1.85. The summed E-state index contributed by atoms with van der Waals surface area (Å²) in [5.41, 5.74) is 0.794. The van der Waals surface area contributed by atoms with Gasteiger partial charge in [0.05, 0.1) is 18.8 Å². The van der Waals surface area contributed by atoms with Crippen LogP contribution in [0.1, 0.15) is 37.9 Å².